The zero-order valence-corrected chi connectivity index (χ0v) is 20.4. The van der Waals surface area contributed by atoms with E-state index in [0.29, 0.717) is 40.1 Å². The summed E-state index contributed by atoms with van der Waals surface area (Å²) in [5.74, 6) is -0.397. The smallest absolute Gasteiger partial charge is 0.261 e. The molecule has 1 amide bonds. The summed E-state index contributed by atoms with van der Waals surface area (Å²) in [7, 11) is 0. The van der Waals surface area contributed by atoms with E-state index in [1.807, 2.05) is 0 Å². The molecule has 2 heterocycles. The van der Waals surface area contributed by atoms with Crippen LogP contribution in [0, 0.1) is 17.2 Å². The zero-order valence-electron chi connectivity index (χ0n) is 19.6. The number of amides is 1. The molecule has 1 aliphatic heterocycles. The summed E-state index contributed by atoms with van der Waals surface area (Å²) in [6, 6.07) is 19.0. The first kappa shape index (κ1) is 24.1. The lowest BCUT2D eigenvalue weighted by atomic mass is 9.93. The fraction of sp³-hybridized carbons (Fsp3) is 0.286. The van der Waals surface area contributed by atoms with Crippen LogP contribution in [0.5, 0.6) is 0 Å². The number of aliphatic hydroxyl groups excluding tert-OH is 1. The van der Waals surface area contributed by atoms with Crippen molar-refractivity contribution in [2.45, 2.75) is 38.0 Å². The molecule has 2 aliphatic rings. The standard InChI is InChI=1S/C28H24ClN3O4/c1-17(33)26(34)19-7-12-25-24(13-19)27(35)32(23-10-8-20(29)9-11-23)28(25,36-16-18-5-6-18)14-21-3-2-4-22(15-30)31-21/h2-4,7-13,17-18,33H,5-6,14,16H2,1H3/t17?,28-/m1/s1. The SMILES string of the molecule is CC(O)C(=O)c1ccc2c(c1)C(=O)N(c1ccc(Cl)cc1)[C@]2(Cc1cccc(C#N)n1)OCC1CC1. The van der Waals surface area contributed by atoms with E-state index >= 15 is 0 Å². The maximum Gasteiger partial charge on any atom is 0.261 e. The monoisotopic (exact) mass is 501 g/mol. The number of pyridine rings is 1. The first-order valence-corrected chi connectivity index (χ1v) is 12.2. The molecular weight excluding hydrogens is 478 g/mol. The summed E-state index contributed by atoms with van der Waals surface area (Å²) in [5, 5.41) is 19.7. The number of benzene rings is 2. The molecule has 36 heavy (non-hydrogen) atoms. The highest BCUT2D eigenvalue weighted by molar-refractivity contribution is 6.30. The van der Waals surface area contributed by atoms with E-state index in [1.54, 1.807) is 59.5 Å². The lowest BCUT2D eigenvalue weighted by molar-refractivity contribution is -0.0493. The van der Waals surface area contributed by atoms with Crippen molar-refractivity contribution >= 4 is 29.0 Å². The number of aliphatic hydroxyl groups is 1. The van der Waals surface area contributed by atoms with Crippen molar-refractivity contribution in [3.8, 4) is 6.07 Å². The number of rotatable bonds is 8. The summed E-state index contributed by atoms with van der Waals surface area (Å²) in [6.07, 6.45) is 1.12. The third kappa shape index (κ3) is 4.40. The van der Waals surface area contributed by atoms with Crippen molar-refractivity contribution in [2.24, 2.45) is 5.92 Å². The minimum absolute atomic E-state index is 0.195. The van der Waals surface area contributed by atoms with Crippen molar-refractivity contribution in [3.63, 3.8) is 0 Å². The summed E-state index contributed by atoms with van der Waals surface area (Å²) in [5.41, 5.74) is 1.36. The van der Waals surface area contributed by atoms with Crippen LogP contribution < -0.4 is 4.90 Å². The van der Waals surface area contributed by atoms with Gasteiger partial charge in [0.15, 0.2) is 11.5 Å². The highest BCUT2D eigenvalue weighted by Crippen LogP contribution is 2.47. The number of halogens is 1. The molecule has 7 nitrogen and oxygen atoms in total. The number of hydrogen-bond acceptors (Lipinski definition) is 6. The normalized spacial score (nSPS) is 19.6. The van der Waals surface area contributed by atoms with Gasteiger partial charge < -0.3 is 9.84 Å². The van der Waals surface area contributed by atoms with Gasteiger partial charge in [-0.1, -0.05) is 29.8 Å². The number of ketones is 1. The second-order valence-electron chi connectivity index (χ2n) is 9.26. The van der Waals surface area contributed by atoms with Crippen LogP contribution >= 0.6 is 11.6 Å². The molecule has 182 valence electrons. The first-order valence-electron chi connectivity index (χ1n) is 11.8. The Balaban J connectivity index is 1.70. The third-order valence-corrected chi connectivity index (χ3v) is 6.83. The number of fused-ring (bicyclic) bond motifs is 1. The van der Waals surface area contributed by atoms with Gasteiger partial charge in [-0.05, 0) is 68.1 Å². The number of Topliss-reactive ketones (excluding diaryl/α,β-unsaturated/α-hetero) is 1. The largest absolute Gasteiger partial charge is 0.385 e. The van der Waals surface area contributed by atoms with Gasteiger partial charge in [0.2, 0.25) is 0 Å². The van der Waals surface area contributed by atoms with Crippen molar-refractivity contribution in [1.29, 1.82) is 5.26 Å². The van der Waals surface area contributed by atoms with E-state index < -0.39 is 17.6 Å². The Morgan fingerprint density at radius 1 is 1.25 bits per heavy atom. The minimum atomic E-state index is -1.25. The lowest BCUT2D eigenvalue weighted by Crippen LogP contribution is -2.48. The Labute approximate surface area is 213 Å². The molecule has 1 saturated carbocycles. The highest BCUT2D eigenvalue weighted by atomic mass is 35.5. The molecule has 2 atom stereocenters. The number of carbonyl (C=O) groups is 2. The summed E-state index contributed by atoms with van der Waals surface area (Å²) in [4.78, 5) is 32.6. The molecule has 8 heteroatoms. The maximum absolute atomic E-state index is 14.0. The Bertz CT molecular complexity index is 1380. The summed E-state index contributed by atoms with van der Waals surface area (Å²) < 4.78 is 6.65. The van der Waals surface area contributed by atoms with E-state index in [2.05, 4.69) is 11.1 Å². The van der Waals surface area contributed by atoms with Gasteiger partial charge in [0.05, 0.1) is 6.61 Å². The van der Waals surface area contributed by atoms with Crippen LogP contribution in [0.4, 0.5) is 5.69 Å². The minimum Gasteiger partial charge on any atom is -0.385 e. The first-order chi connectivity index (χ1) is 17.3. The molecule has 3 aromatic rings. The van der Waals surface area contributed by atoms with Crippen LogP contribution in [0.25, 0.3) is 0 Å². The van der Waals surface area contributed by atoms with E-state index in [0.717, 1.165) is 12.8 Å². The third-order valence-electron chi connectivity index (χ3n) is 6.58. The Hall–Kier alpha value is -3.57. The second kappa shape index (κ2) is 9.47. The molecule has 2 aromatic carbocycles. The van der Waals surface area contributed by atoms with E-state index in [4.69, 9.17) is 16.3 Å². The number of aromatic nitrogens is 1. The van der Waals surface area contributed by atoms with E-state index in [9.17, 15) is 20.0 Å². The van der Waals surface area contributed by atoms with E-state index in [-0.39, 0.29) is 23.6 Å². The number of anilines is 1. The Kier molecular flexibility index (Phi) is 6.35. The molecule has 5 rings (SSSR count). The van der Waals surface area contributed by atoms with Gasteiger partial charge in [-0.3, -0.25) is 14.5 Å². The predicted octanol–water partition coefficient (Wildman–Crippen LogP) is 4.65. The molecular formula is C28H24ClN3O4. The van der Waals surface area contributed by atoms with Crippen LogP contribution in [0.2, 0.25) is 5.02 Å². The Morgan fingerprint density at radius 2 is 2.00 bits per heavy atom. The van der Waals surface area contributed by atoms with Crippen LogP contribution in [-0.2, 0) is 16.9 Å². The van der Waals surface area contributed by atoms with Gasteiger partial charge in [0.1, 0.15) is 17.9 Å². The van der Waals surface area contributed by atoms with Crippen molar-refractivity contribution in [2.75, 3.05) is 11.5 Å². The van der Waals surface area contributed by atoms with Crippen LogP contribution in [0.3, 0.4) is 0 Å². The zero-order chi connectivity index (χ0) is 25.4. The fourth-order valence-corrected chi connectivity index (χ4v) is 4.70. The average Bonchev–Trinajstić information content (AvgIpc) is 3.69. The molecule has 1 N–H and O–H groups in total. The molecule has 0 spiro atoms. The molecule has 0 radical (unpaired) electrons. The predicted molar refractivity (Wildman–Crippen MR) is 134 cm³/mol. The number of ether oxygens (including phenoxy) is 1. The molecule has 0 saturated heterocycles. The molecule has 0 bridgehead atoms. The second-order valence-corrected chi connectivity index (χ2v) is 9.70. The molecule has 1 aliphatic carbocycles. The van der Waals surface area contributed by atoms with Gasteiger partial charge in [-0.2, -0.15) is 5.26 Å². The average molecular weight is 502 g/mol. The number of hydrogen-bond donors (Lipinski definition) is 1. The molecule has 1 aromatic heterocycles. The van der Waals surface area contributed by atoms with Crippen LogP contribution in [0.1, 0.15) is 57.4 Å². The lowest BCUT2D eigenvalue weighted by Gasteiger charge is -2.39. The number of nitrogens with zero attached hydrogens (tertiary/aromatic N) is 3. The van der Waals surface area contributed by atoms with Gasteiger partial charge in [0.25, 0.3) is 5.91 Å². The topological polar surface area (TPSA) is 104 Å². The number of carbonyl (C=O) groups excluding carboxylic acids is 2. The molecule has 1 unspecified atom stereocenters. The van der Waals surface area contributed by atoms with Gasteiger partial charge in [0, 0.05) is 39.5 Å². The van der Waals surface area contributed by atoms with Crippen LogP contribution in [0.15, 0.2) is 60.7 Å². The fourth-order valence-electron chi connectivity index (χ4n) is 4.57. The van der Waals surface area contributed by atoms with E-state index in [1.165, 1.54) is 13.0 Å². The van der Waals surface area contributed by atoms with Crippen molar-refractivity contribution < 1.29 is 19.4 Å². The van der Waals surface area contributed by atoms with Gasteiger partial charge in [-0.25, -0.2) is 4.98 Å². The van der Waals surface area contributed by atoms with Crippen LogP contribution in [-0.4, -0.2) is 34.5 Å². The highest BCUT2D eigenvalue weighted by Gasteiger charge is 2.53. The summed E-state index contributed by atoms with van der Waals surface area (Å²) in [6.45, 7) is 1.84. The van der Waals surface area contributed by atoms with Crippen molar-refractivity contribution in [3.05, 3.63) is 93.8 Å². The molecule has 1 fully saturated rings. The quantitative estimate of drug-likeness (QED) is 0.450. The maximum atomic E-state index is 14.0. The Morgan fingerprint density at radius 3 is 2.67 bits per heavy atom. The number of nitriles is 1. The summed E-state index contributed by atoms with van der Waals surface area (Å²) >= 11 is 6.14. The van der Waals surface area contributed by atoms with Gasteiger partial charge in [-0.15, -0.1) is 0 Å². The van der Waals surface area contributed by atoms with Crippen molar-refractivity contribution in [1.82, 2.24) is 4.98 Å². The van der Waals surface area contributed by atoms with Gasteiger partial charge >= 0.3 is 0 Å².